The Morgan fingerprint density at radius 2 is 1.94 bits per heavy atom. The first-order valence-electron chi connectivity index (χ1n) is 5.54. The first-order valence-corrected chi connectivity index (χ1v) is 5.54. The Morgan fingerprint density at radius 1 is 1.17 bits per heavy atom. The molecule has 0 saturated carbocycles. The van der Waals surface area contributed by atoms with E-state index in [9.17, 15) is 8.78 Å². The first-order chi connectivity index (χ1) is 8.63. The van der Waals surface area contributed by atoms with Crippen LogP contribution >= 0.6 is 0 Å². The lowest BCUT2D eigenvalue weighted by molar-refractivity contribution is 0.511. The second kappa shape index (κ2) is 4.97. The Morgan fingerprint density at radius 3 is 2.67 bits per heavy atom. The molecule has 0 aromatic heterocycles. The van der Waals surface area contributed by atoms with Crippen molar-refractivity contribution in [1.82, 2.24) is 0 Å². The molecule has 0 atom stereocenters. The Balaban J connectivity index is 2.55. The van der Waals surface area contributed by atoms with E-state index < -0.39 is 11.6 Å². The van der Waals surface area contributed by atoms with Crippen LogP contribution in [0.4, 0.5) is 8.78 Å². The van der Waals surface area contributed by atoms with Gasteiger partial charge < -0.3 is 0 Å². The smallest absolute Gasteiger partial charge is 0.166 e. The van der Waals surface area contributed by atoms with Crippen LogP contribution in [0.25, 0.3) is 11.1 Å². The number of rotatable bonds is 2. The van der Waals surface area contributed by atoms with E-state index in [2.05, 4.69) is 6.07 Å². The van der Waals surface area contributed by atoms with E-state index in [-0.39, 0.29) is 12.0 Å². The van der Waals surface area contributed by atoms with Gasteiger partial charge in [-0.05, 0) is 35.7 Å². The van der Waals surface area contributed by atoms with E-state index in [4.69, 9.17) is 5.26 Å². The third-order valence-electron chi connectivity index (χ3n) is 2.88. The van der Waals surface area contributed by atoms with E-state index in [0.29, 0.717) is 5.56 Å². The fourth-order valence-corrected chi connectivity index (χ4v) is 1.84. The molecule has 0 aliphatic carbocycles. The molecule has 3 heteroatoms. The van der Waals surface area contributed by atoms with Gasteiger partial charge in [0.15, 0.2) is 11.6 Å². The maximum atomic E-state index is 13.7. The molecule has 0 radical (unpaired) electrons. The topological polar surface area (TPSA) is 23.8 Å². The minimum Gasteiger partial charge on any atom is -0.204 e. The van der Waals surface area contributed by atoms with Crippen molar-refractivity contribution in [3.8, 4) is 17.2 Å². The van der Waals surface area contributed by atoms with Gasteiger partial charge >= 0.3 is 0 Å². The van der Waals surface area contributed by atoms with Gasteiger partial charge in [0.2, 0.25) is 0 Å². The van der Waals surface area contributed by atoms with Crippen molar-refractivity contribution in [2.45, 2.75) is 13.3 Å². The van der Waals surface area contributed by atoms with Gasteiger partial charge in [-0.3, -0.25) is 0 Å². The van der Waals surface area contributed by atoms with Crippen molar-refractivity contribution >= 4 is 0 Å². The predicted molar refractivity (Wildman–Crippen MR) is 65.8 cm³/mol. The van der Waals surface area contributed by atoms with Gasteiger partial charge in [-0.15, -0.1) is 0 Å². The van der Waals surface area contributed by atoms with Gasteiger partial charge in [-0.2, -0.15) is 5.26 Å². The summed E-state index contributed by atoms with van der Waals surface area (Å²) in [5, 5.41) is 8.72. The quantitative estimate of drug-likeness (QED) is 0.781. The van der Waals surface area contributed by atoms with Crippen LogP contribution < -0.4 is 0 Å². The van der Waals surface area contributed by atoms with Crippen LogP contribution in [-0.2, 0) is 6.42 Å². The molecule has 2 aromatic rings. The van der Waals surface area contributed by atoms with Gasteiger partial charge in [0, 0.05) is 5.56 Å². The number of halogens is 2. The second-order valence-corrected chi connectivity index (χ2v) is 4.08. The average Bonchev–Trinajstić information content (AvgIpc) is 2.36. The molecule has 1 nitrogen and oxygen atoms in total. The molecule has 0 spiro atoms. The highest BCUT2D eigenvalue weighted by atomic mass is 19.2. The summed E-state index contributed by atoms with van der Waals surface area (Å²) in [5.41, 5.74) is 2.60. The molecule has 0 bridgehead atoms. The van der Waals surface area contributed by atoms with Crippen molar-refractivity contribution in [1.29, 1.82) is 5.26 Å². The Bertz CT molecular complexity index is 627. The summed E-state index contributed by atoms with van der Waals surface area (Å²) in [7, 11) is 0. The van der Waals surface area contributed by atoms with Crippen LogP contribution in [0.5, 0.6) is 0 Å². The van der Waals surface area contributed by atoms with Crippen LogP contribution in [-0.4, -0.2) is 0 Å². The summed E-state index contributed by atoms with van der Waals surface area (Å²) < 4.78 is 26.8. The molecule has 90 valence electrons. The Kier molecular flexibility index (Phi) is 3.38. The molecular formula is C15H11F2N. The van der Waals surface area contributed by atoms with Gasteiger partial charge in [0.1, 0.15) is 0 Å². The molecular weight excluding hydrogens is 232 g/mol. The third-order valence-corrected chi connectivity index (χ3v) is 2.88. The highest BCUT2D eigenvalue weighted by Gasteiger charge is 2.10. The number of aryl methyl sites for hydroxylation is 1. The highest BCUT2D eigenvalue weighted by molar-refractivity contribution is 5.65. The van der Waals surface area contributed by atoms with Gasteiger partial charge in [0.05, 0.1) is 12.5 Å². The standard InChI is InChI=1S/C15H11F2N/c1-10-5-6-12(9-11(10)7-8-18)13-3-2-4-14(16)15(13)17/h2-6,9H,7H2,1H3. The molecule has 0 aliphatic heterocycles. The van der Waals surface area contributed by atoms with E-state index in [1.165, 1.54) is 12.1 Å². The molecule has 0 saturated heterocycles. The largest absolute Gasteiger partial charge is 0.204 e. The molecule has 0 unspecified atom stereocenters. The summed E-state index contributed by atoms with van der Waals surface area (Å²) in [6.45, 7) is 1.89. The second-order valence-electron chi connectivity index (χ2n) is 4.08. The molecule has 18 heavy (non-hydrogen) atoms. The molecule has 0 N–H and O–H groups in total. The summed E-state index contributed by atoms with van der Waals surface area (Å²) in [5.74, 6) is -1.72. The van der Waals surface area contributed by atoms with Crippen molar-refractivity contribution in [3.63, 3.8) is 0 Å². The first kappa shape index (κ1) is 12.3. The molecule has 0 amide bonds. The van der Waals surface area contributed by atoms with Gasteiger partial charge in [-0.25, -0.2) is 8.78 Å². The van der Waals surface area contributed by atoms with Crippen LogP contribution in [0.3, 0.4) is 0 Å². The molecule has 2 aromatic carbocycles. The van der Waals surface area contributed by atoms with Crippen molar-refractivity contribution < 1.29 is 8.78 Å². The number of nitrogens with zero attached hydrogens (tertiary/aromatic N) is 1. The summed E-state index contributed by atoms with van der Waals surface area (Å²) >= 11 is 0. The molecule has 2 rings (SSSR count). The van der Waals surface area contributed by atoms with Crippen molar-refractivity contribution in [3.05, 3.63) is 59.2 Å². The highest BCUT2D eigenvalue weighted by Crippen LogP contribution is 2.26. The fourth-order valence-electron chi connectivity index (χ4n) is 1.84. The minimum atomic E-state index is -0.866. The summed E-state index contributed by atoms with van der Waals surface area (Å²) in [6.07, 6.45) is 0.261. The van der Waals surface area contributed by atoms with Crippen LogP contribution in [0.15, 0.2) is 36.4 Å². The molecule has 0 fully saturated rings. The van der Waals surface area contributed by atoms with Crippen LogP contribution in [0.1, 0.15) is 11.1 Å². The zero-order valence-electron chi connectivity index (χ0n) is 9.87. The summed E-state index contributed by atoms with van der Waals surface area (Å²) in [4.78, 5) is 0. The SMILES string of the molecule is Cc1ccc(-c2cccc(F)c2F)cc1CC#N. The maximum absolute atomic E-state index is 13.7. The normalized spacial score (nSPS) is 10.1. The number of nitriles is 1. The molecule has 0 aliphatic rings. The third kappa shape index (κ3) is 2.23. The monoisotopic (exact) mass is 243 g/mol. The lowest BCUT2D eigenvalue weighted by Gasteiger charge is -2.08. The van der Waals surface area contributed by atoms with E-state index in [1.807, 2.05) is 13.0 Å². The Hall–Kier alpha value is -2.21. The molecule has 0 heterocycles. The van der Waals surface area contributed by atoms with Crippen LogP contribution in [0, 0.1) is 29.9 Å². The van der Waals surface area contributed by atoms with E-state index >= 15 is 0 Å². The number of hydrogen-bond donors (Lipinski definition) is 0. The van der Waals surface area contributed by atoms with Crippen molar-refractivity contribution in [2.75, 3.05) is 0 Å². The zero-order valence-corrected chi connectivity index (χ0v) is 9.87. The lowest BCUT2D eigenvalue weighted by atomic mass is 9.98. The lowest BCUT2D eigenvalue weighted by Crippen LogP contribution is -1.92. The van der Waals surface area contributed by atoms with Crippen molar-refractivity contribution in [2.24, 2.45) is 0 Å². The average molecular weight is 243 g/mol. The summed E-state index contributed by atoms with van der Waals surface area (Å²) in [6, 6.07) is 11.4. The zero-order chi connectivity index (χ0) is 13.1. The fraction of sp³-hybridized carbons (Fsp3) is 0.133. The van der Waals surface area contributed by atoms with Gasteiger partial charge in [-0.1, -0.05) is 24.3 Å². The Labute approximate surface area is 104 Å². The van der Waals surface area contributed by atoms with Gasteiger partial charge in [0.25, 0.3) is 0 Å². The van der Waals surface area contributed by atoms with E-state index in [1.54, 1.807) is 12.1 Å². The number of hydrogen-bond acceptors (Lipinski definition) is 1. The van der Waals surface area contributed by atoms with Crippen LogP contribution in [0.2, 0.25) is 0 Å². The minimum absolute atomic E-state index is 0.217. The number of benzene rings is 2. The maximum Gasteiger partial charge on any atom is 0.166 e. The van der Waals surface area contributed by atoms with E-state index in [0.717, 1.165) is 17.2 Å². The predicted octanol–water partition coefficient (Wildman–Crippen LogP) is 4.01.